The Morgan fingerprint density at radius 2 is 1.16 bits per heavy atom. The van der Waals surface area contributed by atoms with E-state index in [9.17, 15) is 48.3 Å². The van der Waals surface area contributed by atoms with Crippen LogP contribution in [0, 0.1) is 0 Å². The Morgan fingerprint density at radius 1 is 0.682 bits per heavy atom. The van der Waals surface area contributed by atoms with Crippen LogP contribution in [0.1, 0.15) is 95.4 Å². The van der Waals surface area contributed by atoms with E-state index in [1.54, 1.807) is 18.2 Å². The number of aryl methyl sites for hydroxylation is 1. The predicted molar refractivity (Wildman–Crippen MR) is 146 cm³/mol. The number of alkyl halides is 11. The number of imidazole rings is 1. The second-order valence-corrected chi connectivity index (χ2v) is 12.0. The summed E-state index contributed by atoms with van der Waals surface area (Å²) in [6.45, 7) is 5.49. The van der Waals surface area contributed by atoms with Gasteiger partial charge in [0.25, 0.3) is 5.82 Å². The zero-order valence-electron chi connectivity index (χ0n) is 24.3. The highest BCUT2D eigenvalue weighted by Crippen LogP contribution is 2.58. The van der Waals surface area contributed by atoms with E-state index in [4.69, 9.17) is 23.2 Å². The third kappa shape index (κ3) is 8.73. The molecule has 0 radical (unpaired) electrons. The third-order valence-electron chi connectivity index (χ3n) is 7.42. The highest BCUT2D eigenvalue weighted by Gasteiger charge is 2.86. The minimum atomic E-state index is -7.33. The predicted octanol–water partition coefficient (Wildman–Crippen LogP) is 11.3. The van der Waals surface area contributed by atoms with E-state index < -0.39 is 42.7 Å². The van der Waals surface area contributed by atoms with Gasteiger partial charge < -0.3 is 0 Å². The quantitative estimate of drug-likeness (QED) is 0.0836. The van der Waals surface area contributed by atoms with Crippen LogP contribution in [0.4, 0.5) is 48.3 Å². The molecule has 0 aliphatic rings. The summed E-state index contributed by atoms with van der Waals surface area (Å²) in [7, 11) is 0. The first kappa shape index (κ1) is 38.4. The minimum absolute atomic E-state index is 0.0993. The Kier molecular flexibility index (Phi) is 13.3. The number of nitrogens with zero attached hydrogens (tertiary/aromatic N) is 2. The molecule has 0 aliphatic heterocycles. The van der Waals surface area contributed by atoms with Gasteiger partial charge in [0.1, 0.15) is 18.9 Å². The van der Waals surface area contributed by atoms with Gasteiger partial charge in [0, 0.05) is 22.0 Å². The van der Waals surface area contributed by atoms with Gasteiger partial charge in [0.15, 0.2) is 0 Å². The molecule has 1 aromatic heterocycles. The van der Waals surface area contributed by atoms with Crippen molar-refractivity contribution >= 4 is 23.2 Å². The highest BCUT2D eigenvalue weighted by atomic mass is 35.5. The first-order valence-electron chi connectivity index (χ1n) is 14.3. The van der Waals surface area contributed by atoms with E-state index in [0.29, 0.717) is 29.4 Å². The average Bonchev–Trinajstić information content (AvgIpc) is 3.31. The fourth-order valence-electron chi connectivity index (χ4n) is 4.95. The highest BCUT2D eigenvalue weighted by molar-refractivity contribution is 6.35. The number of benzene rings is 1. The Balaban J connectivity index is 1.71. The summed E-state index contributed by atoms with van der Waals surface area (Å²) in [6.07, 6.45) is -0.950. The van der Waals surface area contributed by atoms with Crippen molar-refractivity contribution in [3.05, 3.63) is 52.0 Å². The summed E-state index contributed by atoms with van der Waals surface area (Å²) >= 11 is 12.7. The van der Waals surface area contributed by atoms with Crippen LogP contribution >= 0.6 is 23.2 Å². The van der Waals surface area contributed by atoms with Gasteiger partial charge in [-0.2, -0.15) is 48.3 Å². The van der Waals surface area contributed by atoms with Crippen molar-refractivity contribution in [1.29, 1.82) is 0 Å². The molecule has 0 unspecified atom stereocenters. The maximum Gasteiger partial charge on any atom is 0.460 e. The number of rotatable bonds is 18. The lowest BCUT2D eigenvalue weighted by Crippen LogP contribution is -2.66. The van der Waals surface area contributed by atoms with Gasteiger partial charge in [-0.15, -0.1) is 0 Å². The summed E-state index contributed by atoms with van der Waals surface area (Å²) in [5.74, 6) is -26.0. The molecular weight excluding hydrogens is 656 g/mol. The Hall–Kier alpha value is -1.76. The van der Waals surface area contributed by atoms with Gasteiger partial charge in [-0.05, 0) is 31.4 Å². The second kappa shape index (κ2) is 15.2. The summed E-state index contributed by atoms with van der Waals surface area (Å²) in [5.41, 5.74) is 0.833. The SMILES string of the molecule is CC(C)c1n(CCCCCCCCCCCC(F)(F)C(F)(F)C(F)(F)C(F)(F)C(F)(F)F)cc[n+]1Cc1c(Cl)cccc1Cl. The van der Waals surface area contributed by atoms with E-state index in [-0.39, 0.29) is 18.8 Å². The van der Waals surface area contributed by atoms with Crippen molar-refractivity contribution in [1.82, 2.24) is 4.57 Å². The maximum absolute atomic E-state index is 13.7. The van der Waals surface area contributed by atoms with Crippen LogP contribution in [-0.4, -0.2) is 34.4 Å². The molecule has 0 fully saturated rings. The molecule has 0 saturated heterocycles. The number of unbranched alkanes of at least 4 members (excludes halogenated alkanes) is 8. The van der Waals surface area contributed by atoms with Crippen molar-refractivity contribution in [2.45, 2.75) is 127 Å². The van der Waals surface area contributed by atoms with Gasteiger partial charge >= 0.3 is 29.9 Å². The largest absolute Gasteiger partial charge is 0.460 e. The molecule has 0 aliphatic carbocycles. The van der Waals surface area contributed by atoms with Crippen molar-refractivity contribution < 1.29 is 52.9 Å². The lowest BCUT2D eigenvalue weighted by atomic mass is 9.94. The molecule has 1 aromatic carbocycles. The van der Waals surface area contributed by atoms with E-state index >= 15 is 0 Å². The third-order valence-corrected chi connectivity index (χ3v) is 8.12. The molecule has 0 atom stereocenters. The standard InChI is InChI=1S/C29H36Cl2F11N2/c1-20(2)24-43(17-18-44(24)19-21-22(30)13-12-14-23(21)31)16-11-9-7-5-3-4-6-8-10-15-25(32,33)26(34,35)27(36,37)28(38,39)29(40,41)42/h12-14,17-18,20H,3-11,15-16,19H2,1-2H3/q+1. The van der Waals surface area contributed by atoms with Gasteiger partial charge in [-0.3, -0.25) is 0 Å². The van der Waals surface area contributed by atoms with E-state index in [1.807, 2.05) is 12.4 Å². The zero-order chi connectivity index (χ0) is 33.6. The van der Waals surface area contributed by atoms with Crippen LogP contribution in [0.2, 0.25) is 10.0 Å². The fourth-order valence-corrected chi connectivity index (χ4v) is 5.46. The number of hydrogen-bond acceptors (Lipinski definition) is 0. The van der Waals surface area contributed by atoms with Crippen LogP contribution in [0.15, 0.2) is 30.6 Å². The van der Waals surface area contributed by atoms with Gasteiger partial charge in [-0.1, -0.05) is 81.6 Å². The molecular formula is C29H36Cl2F11N2+. The minimum Gasteiger partial charge on any atom is -0.234 e. The monoisotopic (exact) mass is 691 g/mol. The number of aromatic nitrogens is 2. The van der Waals surface area contributed by atoms with Crippen LogP contribution in [0.3, 0.4) is 0 Å². The smallest absolute Gasteiger partial charge is 0.234 e. The zero-order valence-corrected chi connectivity index (χ0v) is 25.8. The van der Waals surface area contributed by atoms with Gasteiger partial charge in [-0.25, -0.2) is 9.13 Å². The van der Waals surface area contributed by atoms with Crippen LogP contribution < -0.4 is 4.57 Å². The summed E-state index contributed by atoms with van der Waals surface area (Å²) in [5, 5.41) is 1.17. The molecule has 44 heavy (non-hydrogen) atoms. The Morgan fingerprint density at radius 3 is 1.64 bits per heavy atom. The van der Waals surface area contributed by atoms with E-state index in [2.05, 4.69) is 23.0 Å². The maximum atomic E-state index is 13.7. The molecule has 15 heteroatoms. The lowest BCUT2D eigenvalue weighted by molar-refractivity contribution is -0.696. The van der Waals surface area contributed by atoms with E-state index in [0.717, 1.165) is 43.6 Å². The van der Waals surface area contributed by atoms with Crippen LogP contribution in [-0.2, 0) is 13.1 Å². The van der Waals surface area contributed by atoms with Crippen molar-refractivity contribution in [2.75, 3.05) is 0 Å². The average molecular weight is 693 g/mol. The molecule has 252 valence electrons. The first-order valence-corrected chi connectivity index (χ1v) is 15.0. The summed E-state index contributed by atoms with van der Waals surface area (Å²) in [6, 6.07) is 5.36. The van der Waals surface area contributed by atoms with Gasteiger partial charge in [0.2, 0.25) is 0 Å². The molecule has 2 nitrogen and oxygen atoms in total. The second-order valence-electron chi connectivity index (χ2n) is 11.2. The summed E-state index contributed by atoms with van der Waals surface area (Å²) < 4.78 is 148. The fraction of sp³-hybridized carbons (Fsp3) is 0.690. The topological polar surface area (TPSA) is 8.81 Å². The first-order chi connectivity index (χ1) is 20.2. The van der Waals surface area contributed by atoms with Crippen LogP contribution in [0.5, 0.6) is 0 Å². The molecule has 1 heterocycles. The molecule has 0 N–H and O–H groups in total. The number of halogens is 13. The van der Waals surface area contributed by atoms with E-state index in [1.165, 1.54) is 0 Å². The van der Waals surface area contributed by atoms with Crippen LogP contribution in [0.25, 0.3) is 0 Å². The van der Waals surface area contributed by atoms with Crippen molar-refractivity contribution in [3.8, 4) is 0 Å². The molecule has 0 spiro atoms. The summed E-state index contributed by atoms with van der Waals surface area (Å²) in [4.78, 5) is 0. The molecule has 0 amide bonds. The Labute approximate surface area is 259 Å². The van der Waals surface area contributed by atoms with Gasteiger partial charge in [0.05, 0.1) is 12.5 Å². The molecule has 2 aromatic rings. The Bertz CT molecular complexity index is 1170. The van der Waals surface area contributed by atoms with Crippen molar-refractivity contribution in [2.24, 2.45) is 0 Å². The lowest BCUT2D eigenvalue weighted by Gasteiger charge is -2.37. The molecule has 0 bridgehead atoms. The molecule has 2 rings (SSSR count). The normalized spacial score (nSPS) is 13.7. The molecule has 0 saturated carbocycles. The van der Waals surface area contributed by atoms with Crippen molar-refractivity contribution in [3.63, 3.8) is 0 Å². The number of hydrogen-bond donors (Lipinski definition) is 0.